The van der Waals surface area contributed by atoms with Crippen LogP contribution in [-0.4, -0.2) is 35.6 Å². The number of benzene rings is 2. The molecule has 3 aromatic rings. The van der Waals surface area contributed by atoms with Crippen molar-refractivity contribution in [3.63, 3.8) is 0 Å². The van der Waals surface area contributed by atoms with Gasteiger partial charge in [0.05, 0.1) is 18.3 Å². The first kappa shape index (κ1) is 26.2. The Hall–Kier alpha value is -3.37. The fourth-order valence-corrected chi connectivity index (χ4v) is 3.51. The fourth-order valence-electron chi connectivity index (χ4n) is 3.51. The molecule has 1 heterocycles. The van der Waals surface area contributed by atoms with E-state index in [1.165, 1.54) is 18.2 Å². The second kappa shape index (κ2) is 11.4. The van der Waals surface area contributed by atoms with E-state index in [4.69, 9.17) is 13.9 Å². The Kier molecular flexibility index (Phi) is 8.52. The molecule has 0 radical (unpaired) electrons. The molecule has 3 rings (SSSR count). The number of ether oxygens (including phenoxy) is 3. The third kappa shape index (κ3) is 7.30. The molecule has 0 aliphatic heterocycles. The van der Waals surface area contributed by atoms with Gasteiger partial charge in [0.25, 0.3) is 0 Å². The standard InChI is InChI=1S/C25H26F3NO6/c1-15-7-4-10-20(22(15)24(30)31)16(2)33-12-6-11-32-14-21-17(3)34-23(29-21)18-8-5-9-19(13-18)35-25(26,27)28/h4-5,7-10,13,16H,6,11-12,14H2,1-3H3,(H,30,31). The number of aryl methyl sites for hydroxylation is 2. The van der Waals surface area contributed by atoms with Crippen LogP contribution in [0.15, 0.2) is 46.9 Å². The van der Waals surface area contributed by atoms with Crippen molar-refractivity contribution in [3.05, 3.63) is 70.6 Å². The van der Waals surface area contributed by atoms with Gasteiger partial charge in [-0.2, -0.15) is 0 Å². The highest BCUT2D eigenvalue weighted by Crippen LogP contribution is 2.29. The maximum absolute atomic E-state index is 12.5. The highest BCUT2D eigenvalue weighted by atomic mass is 19.4. The molecule has 1 unspecified atom stereocenters. The van der Waals surface area contributed by atoms with Crippen molar-refractivity contribution in [1.29, 1.82) is 0 Å². The summed E-state index contributed by atoms with van der Waals surface area (Å²) in [4.78, 5) is 15.9. The number of carboxylic acid groups (broad SMARTS) is 1. The Balaban J connectivity index is 1.48. The number of oxazole rings is 1. The molecule has 1 N–H and O–H groups in total. The lowest BCUT2D eigenvalue weighted by atomic mass is 9.98. The van der Waals surface area contributed by atoms with Crippen molar-refractivity contribution < 1.29 is 41.7 Å². The van der Waals surface area contributed by atoms with Crippen LogP contribution in [0.3, 0.4) is 0 Å². The Morgan fingerprint density at radius 2 is 1.89 bits per heavy atom. The van der Waals surface area contributed by atoms with Crippen LogP contribution >= 0.6 is 0 Å². The average molecular weight is 493 g/mol. The summed E-state index contributed by atoms with van der Waals surface area (Å²) in [6.07, 6.45) is -4.61. The zero-order valence-electron chi connectivity index (χ0n) is 19.5. The van der Waals surface area contributed by atoms with Gasteiger partial charge in [0, 0.05) is 18.8 Å². The summed E-state index contributed by atoms with van der Waals surface area (Å²) in [5.41, 5.74) is 2.43. The lowest BCUT2D eigenvalue weighted by Gasteiger charge is -2.17. The second-order valence-electron chi connectivity index (χ2n) is 7.86. The first-order valence-electron chi connectivity index (χ1n) is 10.9. The van der Waals surface area contributed by atoms with Gasteiger partial charge in [0.1, 0.15) is 17.2 Å². The molecule has 10 heteroatoms. The molecule has 0 fully saturated rings. The van der Waals surface area contributed by atoms with Gasteiger partial charge in [-0.05, 0) is 56.5 Å². The number of carbonyl (C=O) groups is 1. The lowest BCUT2D eigenvalue weighted by Crippen LogP contribution is -2.17. The molecule has 1 aromatic heterocycles. The number of halogens is 3. The Labute approximate surface area is 200 Å². The highest BCUT2D eigenvalue weighted by Gasteiger charge is 2.31. The third-order valence-corrected chi connectivity index (χ3v) is 5.20. The zero-order valence-corrected chi connectivity index (χ0v) is 19.5. The largest absolute Gasteiger partial charge is 0.573 e. The van der Waals surface area contributed by atoms with E-state index >= 15 is 0 Å². The third-order valence-electron chi connectivity index (χ3n) is 5.20. The molecule has 188 valence electrons. The Morgan fingerprint density at radius 3 is 2.60 bits per heavy atom. The zero-order chi connectivity index (χ0) is 25.6. The van der Waals surface area contributed by atoms with Gasteiger partial charge in [0.2, 0.25) is 5.89 Å². The number of alkyl halides is 3. The molecule has 0 bridgehead atoms. The number of carboxylic acids is 1. The molecule has 7 nitrogen and oxygen atoms in total. The molecular formula is C25H26F3NO6. The SMILES string of the molecule is Cc1cccc(C(C)OCCCOCc2nc(-c3cccc(OC(F)(F)F)c3)oc2C)c1C(=O)O. The number of aromatic nitrogens is 1. The number of hydrogen-bond donors (Lipinski definition) is 1. The molecule has 35 heavy (non-hydrogen) atoms. The van der Waals surface area contributed by atoms with E-state index in [9.17, 15) is 23.1 Å². The lowest BCUT2D eigenvalue weighted by molar-refractivity contribution is -0.274. The molecule has 0 aliphatic rings. The number of rotatable bonds is 11. The fraction of sp³-hybridized carbons (Fsp3) is 0.360. The van der Waals surface area contributed by atoms with E-state index in [2.05, 4.69) is 9.72 Å². The number of aromatic carboxylic acids is 1. The van der Waals surface area contributed by atoms with Crippen LogP contribution in [0.1, 0.15) is 52.4 Å². The minimum absolute atomic E-state index is 0.157. The monoisotopic (exact) mass is 493 g/mol. The van der Waals surface area contributed by atoms with Gasteiger partial charge in [0.15, 0.2) is 0 Å². The van der Waals surface area contributed by atoms with Crippen molar-refractivity contribution in [1.82, 2.24) is 4.98 Å². The van der Waals surface area contributed by atoms with E-state index in [1.807, 2.05) is 0 Å². The molecule has 0 saturated carbocycles. The van der Waals surface area contributed by atoms with Crippen molar-refractivity contribution in [2.24, 2.45) is 0 Å². The van der Waals surface area contributed by atoms with Gasteiger partial charge in [-0.25, -0.2) is 9.78 Å². The van der Waals surface area contributed by atoms with Crippen LogP contribution < -0.4 is 4.74 Å². The highest BCUT2D eigenvalue weighted by molar-refractivity contribution is 5.91. The summed E-state index contributed by atoms with van der Waals surface area (Å²) in [7, 11) is 0. The van der Waals surface area contributed by atoms with Crippen LogP contribution in [0.2, 0.25) is 0 Å². The van der Waals surface area contributed by atoms with Gasteiger partial charge < -0.3 is 23.7 Å². The molecule has 0 aliphatic carbocycles. The normalized spacial score (nSPS) is 12.5. The molecular weight excluding hydrogens is 467 g/mol. The van der Waals surface area contributed by atoms with Gasteiger partial charge in [-0.1, -0.05) is 24.3 Å². The summed E-state index contributed by atoms with van der Waals surface area (Å²) in [5.74, 6) is -0.691. The van der Waals surface area contributed by atoms with E-state index in [-0.39, 0.29) is 23.8 Å². The summed E-state index contributed by atoms with van der Waals surface area (Å²) in [6, 6.07) is 10.7. The number of nitrogens with zero attached hydrogens (tertiary/aromatic N) is 1. The van der Waals surface area contributed by atoms with E-state index in [0.717, 1.165) is 0 Å². The van der Waals surface area contributed by atoms with E-state index in [1.54, 1.807) is 45.0 Å². The molecule has 0 amide bonds. The quantitative estimate of drug-likeness (QED) is 0.316. The molecule has 1 atom stereocenters. The molecule has 0 saturated heterocycles. The van der Waals surface area contributed by atoms with Crippen molar-refractivity contribution in [3.8, 4) is 17.2 Å². The summed E-state index contributed by atoms with van der Waals surface area (Å²) in [6.45, 7) is 6.13. The molecule has 0 spiro atoms. The van der Waals surface area contributed by atoms with Crippen LogP contribution in [-0.2, 0) is 16.1 Å². The van der Waals surface area contributed by atoms with Crippen molar-refractivity contribution in [2.45, 2.75) is 46.3 Å². The van der Waals surface area contributed by atoms with Crippen LogP contribution in [0.4, 0.5) is 13.2 Å². The average Bonchev–Trinajstić information content (AvgIpc) is 3.15. The minimum Gasteiger partial charge on any atom is -0.478 e. The predicted molar refractivity (Wildman–Crippen MR) is 120 cm³/mol. The minimum atomic E-state index is -4.79. The number of hydrogen-bond acceptors (Lipinski definition) is 6. The topological polar surface area (TPSA) is 91.0 Å². The van der Waals surface area contributed by atoms with Crippen molar-refractivity contribution in [2.75, 3.05) is 13.2 Å². The van der Waals surface area contributed by atoms with Gasteiger partial charge in [-0.3, -0.25) is 0 Å². The van der Waals surface area contributed by atoms with E-state index in [0.29, 0.717) is 47.8 Å². The van der Waals surface area contributed by atoms with Crippen LogP contribution in [0.5, 0.6) is 5.75 Å². The maximum atomic E-state index is 12.5. The predicted octanol–water partition coefficient (Wildman–Crippen LogP) is 6.24. The van der Waals surface area contributed by atoms with E-state index < -0.39 is 18.4 Å². The smallest absolute Gasteiger partial charge is 0.478 e. The Bertz CT molecular complexity index is 1160. The summed E-state index contributed by atoms with van der Waals surface area (Å²) >= 11 is 0. The maximum Gasteiger partial charge on any atom is 0.573 e. The van der Waals surface area contributed by atoms with Crippen LogP contribution in [0, 0.1) is 13.8 Å². The molecule has 2 aromatic carbocycles. The van der Waals surface area contributed by atoms with Gasteiger partial charge >= 0.3 is 12.3 Å². The van der Waals surface area contributed by atoms with Gasteiger partial charge in [-0.15, -0.1) is 13.2 Å². The summed E-state index contributed by atoms with van der Waals surface area (Å²) in [5, 5.41) is 9.46. The van der Waals surface area contributed by atoms with Crippen molar-refractivity contribution >= 4 is 5.97 Å². The first-order chi connectivity index (χ1) is 16.5. The first-order valence-corrected chi connectivity index (χ1v) is 10.9. The summed E-state index contributed by atoms with van der Waals surface area (Å²) < 4.78 is 58.3. The van der Waals surface area contributed by atoms with Crippen LogP contribution in [0.25, 0.3) is 11.5 Å². The second-order valence-corrected chi connectivity index (χ2v) is 7.86. The Morgan fingerprint density at radius 1 is 1.14 bits per heavy atom.